The summed E-state index contributed by atoms with van der Waals surface area (Å²) in [6.07, 6.45) is -1.21. The van der Waals surface area contributed by atoms with Crippen molar-refractivity contribution in [2.75, 3.05) is 30.8 Å². The van der Waals surface area contributed by atoms with Crippen molar-refractivity contribution >= 4 is 27.4 Å². The molecule has 2 aliphatic rings. The maximum absolute atomic E-state index is 13.4. The summed E-state index contributed by atoms with van der Waals surface area (Å²) in [6, 6.07) is 9.41. The molecule has 0 atom stereocenters. The molecule has 184 valence electrons. The number of halogens is 3. The largest absolute Gasteiger partial charge is 0.416 e. The van der Waals surface area contributed by atoms with E-state index in [9.17, 15) is 26.4 Å². The van der Waals surface area contributed by atoms with E-state index in [0.717, 1.165) is 50.9 Å². The third-order valence-electron chi connectivity index (χ3n) is 6.09. The number of carbonyl (C=O) groups is 1. The molecule has 1 saturated carbocycles. The van der Waals surface area contributed by atoms with E-state index in [1.165, 1.54) is 36.4 Å². The van der Waals surface area contributed by atoms with Crippen molar-refractivity contribution in [1.29, 1.82) is 0 Å². The van der Waals surface area contributed by atoms with Gasteiger partial charge in [-0.2, -0.15) is 17.5 Å². The van der Waals surface area contributed by atoms with Crippen molar-refractivity contribution in [3.8, 4) is 0 Å². The van der Waals surface area contributed by atoms with Crippen LogP contribution in [0.4, 0.5) is 29.3 Å². The Labute approximate surface area is 197 Å². The number of carbonyl (C=O) groups excluding carboxylic acids is 1. The fourth-order valence-electron chi connectivity index (χ4n) is 4.17. The lowest BCUT2D eigenvalue weighted by atomic mass is 10.1. The third-order valence-corrected chi connectivity index (χ3v) is 8.11. The summed E-state index contributed by atoms with van der Waals surface area (Å²) in [6.45, 7) is 1.71. The first kappa shape index (κ1) is 24.5. The molecule has 0 spiro atoms. The molecule has 2 amide bonds. The van der Waals surface area contributed by atoms with Gasteiger partial charge in [-0.05, 0) is 88.3 Å². The van der Waals surface area contributed by atoms with E-state index in [-0.39, 0.29) is 22.7 Å². The van der Waals surface area contributed by atoms with Crippen LogP contribution >= 0.6 is 0 Å². The highest BCUT2D eigenvalue weighted by atomic mass is 32.2. The molecule has 1 heterocycles. The average molecular weight is 497 g/mol. The second-order valence-electron chi connectivity index (χ2n) is 8.78. The number of rotatable bonds is 6. The van der Waals surface area contributed by atoms with Gasteiger partial charge in [0.25, 0.3) is 0 Å². The van der Waals surface area contributed by atoms with Crippen molar-refractivity contribution in [3.63, 3.8) is 0 Å². The second kappa shape index (κ2) is 9.55. The molecular weight excluding hydrogens is 469 g/mol. The predicted octanol–water partition coefficient (Wildman–Crippen LogP) is 4.60. The van der Waals surface area contributed by atoms with E-state index < -0.39 is 27.8 Å². The number of nitrogens with zero attached hydrogens (tertiary/aromatic N) is 2. The summed E-state index contributed by atoms with van der Waals surface area (Å²) in [5.74, 6) is 0. The number of anilines is 2. The number of alkyl halides is 3. The van der Waals surface area contributed by atoms with E-state index >= 15 is 0 Å². The van der Waals surface area contributed by atoms with Gasteiger partial charge in [-0.3, -0.25) is 0 Å². The quantitative estimate of drug-likeness (QED) is 0.613. The molecule has 2 fully saturated rings. The van der Waals surface area contributed by atoms with Crippen LogP contribution in [0.25, 0.3) is 0 Å². The van der Waals surface area contributed by atoms with Gasteiger partial charge < -0.3 is 15.5 Å². The number of hydrogen-bond donors (Lipinski definition) is 2. The lowest BCUT2D eigenvalue weighted by molar-refractivity contribution is -0.137. The number of piperidine rings is 1. The Balaban J connectivity index is 1.42. The number of nitrogens with one attached hydrogen (secondary N) is 2. The smallest absolute Gasteiger partial charge is 0.308 e. The zero-order valence-electron chi connectivity index (χ0n) is 18.7. The van der Waals surface area contributed by atoms with Crippen LogP contribution in [0.2, 0.25) is 0 Å². The van der Waals surface area contributed by atoms with Crippen LogP contribution in [0.5, 0.6) is 0 Å². The van der Waals surface area contributed by atoms with E-state index in [1.807, 2.05) is 7.05 Å². The Morgan fingerprint density at radius 3 is 2.12 bits per heavy atom. The molecule has 11 heteroatoms. The van der Waals surface area contributed by atoms with Crippen LogP contribution in [0.15, 0.2) is 53.4 Å². The molecule has 2 N–H and O–H groups in total. The molecule has 1 aliphatic heterocycles. The number of amides is 2. The maximum atomic E-state index is 13.4. The minimum absolute atomic E-state index is 0.00951. The zero-order valence-corrected chi connectivity index (χ0v) is 19.5. The number of benzene rings is 2. The van der Waals surface area contributed by atoms with Gasteiger partial charge in [-0.1, -0.05) is 6.07 Å². The fraction of sp³-hybridized carbons (Fsp3) is 0.435. The summed E-state index contributed by atoms with van der Waals surface area (Å²) in [4.78, 5) is 14.6. The van der Waals surface area contributed by atoms with Crippen molar-refractivity contribution in [2.45, 2.75) is 48.8 Å². The summed E-state index contributed by atoms with van der Waals surface area (Å²) in [5.41, 5.74) is -0.560. The summed E-state index contributed by atoms with van der Waals surface area (Å²) in [5, 5.41) is 4.87. The van der Waals surface area contributed by atoms with E-state index in [1.54, 1.807) is 4.31 Å². The fourth-order valence-corrected chi connectivity index (χ4v) is 6.10. The van der Waals surface area contributed by atoms with Gasteiger partial charge in [-0.15, -0.1) is 0 Å². The van der Waals surface area contributed by atoms with Crippen molar-refractivity contribution in [2.24, 2.45) is 0 Å². The van der Waals surface area contributed by atoms with Crippen LogP contribution < -0.4 is 10.6 Å². The van der Waals surface area contributed by atoms with Crippen LogP contribution in [0.1, 0.15) is 31.2 Å². The highest BCUT2D eigenvalue weighted by molar-refractivity contribution is 7.89. The molecule has 0 bridgehead atoms. The molecule has 7 nitrogen and oxygen atoms in total. The number of likely N-dealkylation sites (tertiary alicyclic amines) is 1. The van der Waals surface area contributed by atoms with E-state index in [0.29, 0.717) is 5.69 Å². The first-order chi connectivity index (χ1) is 16.0. The van der Waals surface area contributed by atoms with Gasteiger partial charge in [0.1, 0.15) is 0 Å². The van der Waals surface area contributed by atoms with Gasteiger partial charge in [0.2, 0.25) is 10.0 Å². The maximum Gasteiger partial charge on any atom is 0.416 e. The molecule has 4 rings (SSSR count). The van der Waals surface area contributed by atoms with Crippen LogP contribution in [0.3, 0.4) is 0 Å². The number of sulfonamides is 1. The number of hydrogen-bond acceptors (Lipinski definition) is 4. The third kappa shape index (κ3) is 5.70. The van der Waals surface area contributed by atoms with Crippen molar-refractivity contribution < 1.29 is 26.4 Å². The van der Waals surface area contributed by atoms with Gasteiger partial charge in [0.15, 0.2) is 0 Å². The molecule has 2 aromatic rings. The number of urea groups is 1. The SMILES string of the molecule is CN1CCC(N(C2CC2)S(=O)(=O)c2ccc(NC(=O)Nc3cccc(C(F)(F)F)c3)cc2)CC1. The summed E-state index contributed by atoms with van der Waals surface area (Å²) >= 11 is 0. The standard InChI is InChI=1S/C23H27F3N4O3S/c1-29-13-11-20(12-14-29)30(19-7-8-19)34(32,33)21-9-5-17(6-10-21)27-22(31)28-18-4-2-3-16(15-18)23(24,25)26/h2-6,9-10,15,19-20H,7-8,11-14H2,1H3,(H2,27,28,31). The lowest BCUT2D eigenvalue weighted by Crippen LogP contribution is -2.47. The Bertz CT molecular complexity index is 1130. The second-order valence-corrected chi connectivity index (χ2v) is 10.6. The average Bonchev–Trinajstić information content (AvgIpc) is 3.60. The Kier molecular flexibility index (Phi) is 6.88. The molecule has 1 aliphatic carbocycles. The molecular formula is C23H27F3N4O3S. The zero-order chi connectivity index (χ0) is 24.5. The highest BCUT2D eigenvalue weighted by Gasteiger charge is 2.43. The van der Waals surface area contributed by atoms with E-state index in [4.69, 9.17) is 0 Å². The topological polar surface area (TPSA) is 81.8 Å². The molecule has 0 unspecified atom stereocenters. The van der Waals surface area contributed by atoms with Crippen molar-refractivity contribution in [3.05, 3.63) is 54.1 Å². The minimum atomic E-state index is -4.52. The van der Waals surface area contributed by atoms with Gasteiger partial charge in [0.05, 0.1) is 10.5 Å². The summed E-state index contributed by atoms with van der Waals surface area (Å²) in [7, 11) is -1.66. The Hall–Kier alpha value is -2.63. The van der Waals surface area contributed by atoms with E-state index in [2.05, 4.69) is 15.5 Å². The first-order valence-electron chi connectivity index (χ1n) is 11.1. The first-order valence-corrected chi connectivity index (χ1v) is 12.6. The highest BCUT2D eigenvalue weighted by Crippen LogP contribution is 2.37. The van der Waals surface area contributed by atoms with Crippen LogP contribution in [-0.2, 0) is 16.2 Å². The molecule has 2 aromatic carbocycles. The predicted molar refractivity (Wildman–Crippen MR) is 123 cm³/mol. The molecule has 34 heavy (non-hydrogen) atoms. The Morgan fingerprint density at radius 1 is 0.941 bits per heavy atom. The van der Waals surface area contributed by atoms with Gasteiger partial charge >= 0.3 is 12.2 Å². The van der Waals surface area contributed by atoms with Crippen molar-refractivity contribution in [1.82, 2.24) is 9.21 Å². The summed E-state index contributed by atoms with van der Waals surface area (Å²) < 4.78 is 67.0. The molecule has 0 radical (unpaired) electrons. The Morgan fingerprint density at radius 2 is 1.53 bits per heavy atom. The van der Waals surface area contributed by atoms with Crippen LogP contribution in [-0.4, -0.2) is 55.9 Å². The molecule has 0 aromatic heterocycles. The normalized spacial score (nSPS) is 18.1. The lowest BCUT2D eigenvalue weighted by Gasteiger charge is -2.36. The van der Waals surface area contributed by atoms with Gasteiger partial charge in [-0.25, -0.2) is 13.2 Å². The monoisotopic (exact) mass is 496 g/mol. The molecule has 1 saturated heterocycles. The minimum Gasteiger partial charge on any atom is -0.308 e. The van der Waals surface area contributed by atoms with Gasteiger partial charge in [0, 0.05) is 23.5 Å². The van der Waals surface area contributed by atoms with Crippen LogP contribution in [0, 0.1) is 0 Å².